The number of ether oxygens (including phenoxy) is 2. The van der Waals surface area contributed by atoms with Gasteiger partial charge >= 0.3 is 0 Å². The largest absolute Gasteiger partial charge is 0.396 e. The molecule has 0 aromatic carbocycles. The first kappa shape index (κ1) is 12.8. The van der Waals surface area contributed by atoms with Gasteiger partial charge in [0.05, 0.1) is 25.2 Å². The first-order chi connectivity index (χ1) is 7.15. The molecule has 6 heteroatoms. The first-order valence-corrected chi connectivity index (χ1v) is 5.00. The summed E-state index contributed by atoms with van der Waals surface area (Å²) < 4.78 is 10.4. The van der Waals surface area contributed by atoms with Crippen molar-refractivity contribution in [3.05, 3.63) is 0 Å². The molecule has 0 bridgehead atoms. The number of hydrogen-bond acceptors (Lipinski definition) is 6. The highest BCUT2D eigenvalue weighted by Crippen LogP contribution is 2.26. The molecule has 1 fully saturated rings. The second kappa shape index (κ2) is 5.74. The lowest BCUT2D eigenvalue weighted by atomic mass is 9.91. The summed E-state index contributed by atoms with van der Waals surface area (Å²) in [6.07, 6.45) is -4.03. The topological polar surface area (TPSA) is 99.4 Å². The highest BCUT2D eigenvalue weighted by Gasteiger charge is 2.44. The summed E-state index contributed by atoms with van der Waals surface area (Å²) in [7, 11) is 0. The van der Waals surface area contributed by atoms with Gasteiger partial charge in [0.1, 0.15) is 12.2 Å². The molecule has 0 aromatic rings. The van der Waals surface area contributed by atoms with Crippen molar-refractivity contribution in [3.63, 3.8) is 0 Å². The van der Waals surface area contributed by atoms with Crippen molar-refractivity contribution in [3.8, 4) is 0 Å². The lowest BCUT2D eigenvalue weighted by Crippen LogP contribution is -2.57. The zero-order valence-electron chi connectivity index (χ0n) is 8.61. The zero-order valence-corrected chi connectivity index (χ0v) is 8.61. The van der Waals surface area contributed by atoms with Crippen molar-refractivity contribution in [2.75, 3.05) is 19.8 Å². The zero-order chi connectivity index (χ0) is 11.4. The quantitative estimate of drug-likeness (QED) is 0.442. The van der Waals surface area contributed by atoms with Crippen LogP contribution < -0.4 is 0 Å². The standard InChI is InChI=1S/C9H18O6/c1-2-14-9-5(3-10)7(12)8(13)6(4-11)15-9/h5-13H,2-4H2,1H3. The molecule has 4 N–H and O–H groups in total. The van der Waals surface area contributed by atoms with E-state index >= 15 is 0 Å². The molecule has 0 saturated carbocycles. The molecule has 90 valence electrons. The minimum atomic E-state index is -1.20. The third-order valence-electron chi connectivity index (χ3n) is 2.55. The van der Waals surface area contributed by atoms with E-state index in [1.54, 1.807) is 6.92 Å². The maximum atomic E-state index is 9.65. The van der Waals surface area contributed by atoms with E-state index in [2.05, 4.69) is 0 Å². The van der Waals surface area contributed by atoms with Crippen LogP contribution in [0.5, 0.6) is 0 Å². The molecule has 6 nitrogen and oxygen atoms in total. The van der Waals surface area contributed by atoms with E-state index in [4.69, 9.17) is 19.7 Å². The second-order valence-corrected chi connectivity index (χ2v) is 3.51. The van der Waals surface area contributed by atoms with E-state index in [1.807, 2.05) is 0 Å². The van der Waals surface area contributed by atoms with Gasteiger partial charge in [0.25, 0.3) is 0 Å². The molecule has 0 radical (unpaired) electrons. The lowest BCUT2D eigenvalue weighted by Gasteiger charge is -2.41. The van der Waals surface area contributed by atoms with Gasteiger partial charge in [-0.3, -0.25) is 0 Å². The summed E-state index contributed by atoms with van der Waals surface area (Å²) in [6.45, 7) is 1.37. The average molecular weight is 222 g/mol. The van der Waals surface area contributed by atoms with E-state index in [0.29, 0.717) is 6.61 Å². The van der Waals surface area contributed by atoms with Crippen LogP contribution in [0.3, 0.4) is 0 Å². The maximum Gasteiger partial charge on any atom is 0.165 e. The predicted molar refractivity (Wildman–Crippen MR) is 50.0 cm³/mol. The van der Waals surface area contributed by atoms with Crippen molar-refractivity contribution < 1.29 is 29.9 Å². The van der Waals surface area contributed by atoms with Crippen molar-refractivity contribution in [2.24, 2.45) is 5.92 Å². The Hall–Kier alpha value is -0.240. The summed E-state index contributed by atoms with van der Waals surface area (Å²) >= 11 is 0. The van der Waals surface area contributed by atoms with Gasteiger partial charge < -0.3 is 29.9 Å². The van der Waals surface area contributed by atoms with Gasteiger partial charge in [-0.2, -0.15) is 0 Å². The summed E-state index contributed by atoms with van der Waals surface area (Å²) in [6, 6.07) is 0. The van der Waals surface area contributed by atoms with Gasteiger partial charge in [0.2, 0.25) is 0 Å². The number of hydrogen-bond donors (Lipinski definition) is 4. The molecule has 0 amide bonds. The molecular formula is C9H18O6. The van der Waals surface area contributed by atoms with Crippen LogP contribution in [-0.2, 0) is 9.47 Å². The lowest BCUT2D eigenvalue weighted by molar-refractivity contribution is -0.289. The van der Waals surface area contributed by atoms with Gasteiger partial charge in [-0.15, -0.1) is 0 Å². The maximum absolute atomic E-state index is 9.65. The summed E-state index contributed by atoms with van der Waals surface area (Å²) in [5.41, 5.74) is 0. The molecular weight excluding hydrogens is 204 g/mol. The van der Waals surface area contributed by atoms with Gasteiger partial charge in [-0.1, -0.05) is 0 Å². The Balaban J connectivity index is 2.70. The fourth-order valence-corrected chi connectivity index (χ4v) is 1.66. The molecule has 0 aromatic heterocycles. The fraction of sp³-hybridized carbons (Fsp3) is 1.00. The SMILES string of the molecule is CCOC1OC(CO)C(O)C(O)C1CO. The predicted octanol–water partition coefficient (Wildman–Crippen LogP) is -1.93. The van der Waals surface area contributed by atoms with Crippen LogP contribution in [0.1, 0.15) is 6.92 Å². The van der Waals surface area contributed by atoms with E-state index in [1.165, 1.54) is 0 Å². The van der Waals surface area contributed by atoms with Gasteiger partial charge in [-0.05, 0) is 6.92 Å². The molecule has 1 rings (SSSR count). The van der Waals surface area contributed by atoms with Crippen LogP contribution in [0, 0.1) is 5.92 Å². The van der Waals surface area contributed by atoms with Gasteiger partial charge in [0, 0.05) is 6.61 Å². The summed E-state index contributed by atoms with van der Waals surface area (Å²) in [4.78, 5) is 0. The number of aliphatic hydroxyl groups is 4. The van der Waals surface area contributed by atoms with E-state index in [-0.39, 0.29) is 6.61 Å². The Kier molecular flexibility index (Phi) is 4.91. The van der Waals surface area contributed by atoms with Crippen LogP contribution in [0.2, 0.25) is 0 Å². The second-order valence-electron chi connectivity index (χ2n) is 3.51. The van der Waals surface area contributed by atoms with Crippen molar-refractivity contribution in [1.82, 2.24) is 0 Å². The van der Waals surface area contributed by atoms with Crippen LogP contribution in [0.4, 0.5) is 0 Å². The van der Waals surface area contributed by atoms with Crippen molar-refractivity contribution in [1.29, 1.82) is 0 Å². The van der Waals surface area contributed by atoms with Crippen LogP contribution in [0.15, 0.2) is 0 Å². The first-order valence-electron chi connectivity index (χ1n) is 5.00. The number of aliphatic hydroxyl groups excluding tert-OH is 4. The Morgan fingerprint density at radius 2 is 1.80 bits per heavy atom. The van der Waals surface area contributed by atoms with Crippen molar-refractivity contribution in [2.45, 2.75) is 31.5 Å². The van der Waals surface area contributed by atoms with E-state index in [0.717, 1.165) is 0 Å². The Labute approximate surface area is 88.1 Å². The van der Waals surface area contributed by atoms with E-state index < -0.39 is 37.1 Å². The molecule has 5 atom stereocenters. The minimum Gasteiger partial charge on any atom is -0.396 e. The highest BCUT2D eigenvalue weighted by molar-refractivity contribution is 4.88. The van der Waals surface area contributed by atoms with Gasteiger partial charge in [0.15, 0.2) is 6.29 Å². The third kappa shape index (κ3) is 2.66. The molecule has 15 heavy (non-hydrogen) atoms. The Morgan fingerprint density at radius 3 is 2.27 bits per heavy atom. The van der Waals surface area contributed by atoms with Gasteiger partial charge in [-0.25, -0.2) is 0 Å². The Bertz CT molecular complexity index is 187. The summed E-state index contributed by atoms with van der Waals surface area (Å²) in [5.74, 6) is -0.692. The molecule has 0 aliphatic carbocycles. The van der Waals surface area contributed by atoms with Crippen LogP contribution >= 0.6 is 0 Å². The number of rotatable bonds is 4. The molecule has 1 heterocycles. The fourth-order valence-electron chi connectivity index (χ4n) is 1.66. The Morgan fingerprint density at radius 1 is 1.13 bits per heavy atom. The van der Waals surface area contributed by atoms with Crippen molar-refractivity contribution >= 4 is 0 Å². The highest BCUT2D eigenvalue weighted by atomic mass is 16.7. The minimum absolute atomic E-state index is 0.346. The molecule has 0 spiro atoms. The third-order valence-corrected chi connectivity index (χ3v) is 2.55. The van der Waals surface area contributed by atoms with E-state index in [9.17, 15) is 10.2 Å². The molecule has 1 aliphatic rings. The molecule has 1 aliphatic heterocycles. The smallest absolute Gasteiger partial charge is 0.165 e. The molecule has 1 saturated heterocycles. The normalized spacial score (nSPS) is 41.8. The van der Waals surface area contributed by atoms with Crippen LogP contribution in [0.25, 0.3) is 0 Å². The average Bonchev–Trinajstić information content (AvgIpc) is 2.24. The monoisotopic (exact) mass is 222 g/mol. The molecule has 5 unspecified atom stereocenters. The van der Waals surface area contributed by atoms with Crippen LogP contribution in [-0.4, -0.2) is 64.8 Å². The summed E-state index contributed by atoms with van der Waals surface area (Å²) in [5, 5.41) is 37.1.